The van der Waals surface area contributed by atoms with Crippen LogP contribution in [0.2, 0.25) is 0 Å². The molecule has 116 valence electrons. The van der Waals surface area contributed by atoms with Gasteiger partial charge in [-0.1, -0.05) is 65.8 Å². The van der Waals surface area contributed by atoms with Crippen molar-refractivity contribution in [2.24, 2.45) is 5.73 Å². The second kappa shape index (κ2) is 10.3. The highest BCUT2D eigenvalue weighted by atomic mass is 16.5. The van der Waals surface area contributed by atoms with Gasteiger partial charge >= 0.3 is 0 Å². The molecule has 3 rings (SSSR count). The predicted octanol–water partition coefficient (Wildman–Crippen LogP) is 3.85. The number of nitrogens with zero attached hydrogens (tertiary/aromatic N) is 1. The fourth-order valence-electron chi connectivity index (χ4n) is 1.86. The monoisotopic (exact) mass is 298 g/mol. The van der Waals surface area contributed by atoms with Crippen LogP contribution in [0.15, 0.2) is 71.4 Å². The van der Waals surface area contributed by atoms with Crippen LogP contribution in [-0.4, -0.2) is 26.4 Å². The van der Waals surface area contributed by atoms with Crippen LogP contribution in [0.4, 0.5) is 0 Å². The molecule has 0 spiro atoms. The number of methoxy groups -OCH3 is 1. The molecule has 0 radical (unpaired) electrons. The van der Waals surface area contributed by atoms with Crippen LogP contribution in [0, 0.1) is 0 Å². The van der Waals surface area contributed by atoms with Gasteiger partial charge in [0.2, 0.25) is 0 Å². The number of nitrogens with two attached hydrogens (primary N) is 1. The molecule has 0 amide bonds. The molecule has 0 saturated heterocycles. The van der Waals surface area contributed by atoms with Gasteiger partial charge in [0, 0.05) is 25.3 Å². The first-order chi connectivity index (χ1) is 10.9. The lowest BCUT2D eigenvalue weighted by molar-refractivity contribution is 0.277. The van der Waals surface area contributed by atoms with Gasteiger partial charge in [-0.15, -0.1) is 0 Å². The Morgan fingerprint density at radius 2 is 1.27 bits per heavy atom. The molecule has 0 bridgehead atoms. The number of hydrogen-bond donors (Lipinski definition) is 1. The maximum Gasteiger partial charge on any atom is 0.132 e. The average Bonchev–Trinajstić information content (AvgIpc) is 3.09. The molecular formula is C18H22N2O2. The third kappa shape index (κ3) is 4.84. The van der Waals surface area contributed by atoms with Crippen LogP contribution in [-0.2, 0) is 4.74 Å². The summed E-state index contributed by atoms with van der Waals surface area (Å²) in [6, 6.07) is 20.2. The molecule has 3 aromatic rings. The minimum Gasteiger partial charge on any atom is -0.388 e. The second-order valence-electron chi connectivity index (χ2n) is 4.22. The van der Waals surface area contributed by atoms with E-state index in [9.17, 15) is 0 Å². The summed E-state index contributed by atoms with van der Waals surface area (Å²) in [5.41, 5.74) is 8.60. The van der Waals surface area contributed by atoms with E-state index in [1.165, 1.54) is 7.05 Å². The second-order valence-corrected chi connectivity index (χ2v) is 4.22. The number of ether oxygens (including phenoxy) is 1. The lowest BCUT2D eigenvalue weighted by Crippen LogP contribution is -1.81. The summed E-state index contributed by atoms with van der Waals surface area (Å²) in [4.78, 5) is 0. The van der Waals surface area contributed by atoms with Crippen molar-refractivity contribution in [3.05, 3.63) is 66.9 Å². The molecule has 22 heavy (non-hydrogen) atoms. The number of aromatic nitrogens is 1. The van der Waals surface area contributed by atoms with E-state index in [0.29, 0.717) is 0 Å². The van der Waals surface area contributed by atoms with E-state index < -0.39 is 0 Å². The molecular weight excluding hydrogens is 276 g/mol. The first-order valence-electron chi connectivity index (χ1n) is 6.90. The van der Waals surface area contributed by atoms with Crippen LogP contribution < -0.4 is 5.73 Å². The SMILES string of the molecule is CN.COC.c1ccc(-c2conc2-c2ccccc2)cc1. The number of rotatable bonds is 2. The van der Waals surface area contributed by atoms with E-state index >= 15 is 0 Å². The van der Waals surface area contributed by atoms with Crippen LogP contribution in [0.3, 0.4) is 0 Å². The molecule has 0 aliphatic heterocycles. The summed E-state index contributed by atoms with van der Waals surface area (Å²) in [5.74, 6) is 0. The molecule has 0 aliphatic rings. The minimum absolute atomic E-state index is 0.886. The molecule has 0 saturated carbocycles. The Bertz CT molecular complexity index is 568. The Hall–Kier alpha value is -2.43. The molecule has 0 aliphatic carbocycles. The van der Waals surface area contributed by atoms with Crippen molar-refractivity contribution in [3.63, 3.8) is 0 Å². The summed E-state index contributed by atoms with van der Waals surface area (Å²) in [6.07, 6.45) is 1.69. The first-order valence-corrected chi connectivity index (χ1v) is 6.90. The molecule has 4 heteroatoms. The molecule has 4 nitrogen and oxygen atoms in total. The Labute approximate surface area is 131 Å². The zero-order valence-corrected chi connectivity index (χ0v) is 13.2. The standard InChI is InChI=1S/C15H11NO.C2H6O.CH5N/c1-3-7-12(8-4-1)14-11-17-16-15(14)13-9-5-2-6-10-13;1-3-2;1-2/h1-11H;1-2H3;2H2,1H3. The molecule has 2 N–H and O–H groups in total. The van der Waals surface area contributed by atoms with E-state index in [-0.39, 0.29) is 0 Å². The smallest absolute Gasteiger partial charge is 0.132 e. The Morgan fingerprint density at radius 1 is 0.818 bits per heavy atom. The van der Waals surface area contributed by atoms with E-state index in [4.69, 9.17) is 4.52 Å². The Balaban J connectivity index is 0.000000435. The molecule has 0 unspecified atom stereocenters. The van der Waals surface area contributed by atoms with E-state index in [0.717, 1.165) is 22.4 Å². The van der Waals surface area contributed by atoms with Crippen molar-refractivity contribution in [1.29, 1.82) is 0 Å². The molecule has 1 heterocycles. The van der Waals surface area contributed by atoms with Crippen LogP contribution in [0.5, 0.6) is 0 Å². The summed E-state index contributed by atoms with van der Waals surface area (Å²) in [5, 5.41) is 4.09. The van der Waals surface area contributed by atoms with Crippen LogP contribution >= 0.6 is 0 Å². The first kappa shape index (κ1) is 17.6. The van der Waals surface area contributed by atoms with Crippen molar-refractivity contribution in [2.75, 3.05) is 21.3 Å². The maximum atomic E-state index is 5.10. The van der Waals surface area contributed by atoms with Crippen molar-refractivity contribution in [1.82, 2.24) is 5.16 Å². The van der Waals surface area contributed by atoms with Gasteiger partial charge in [0.25, 0.3) is 0 Å². The number of hydrogen-bond acceptors (Lipinski definition) is 4. The normalized spacial score (nSPS) is 9.09. The highest BCUT2D eigenvalue weighted by Gasteiger charge is 2.10. The molecule has 2 aromatic carbocycles. The lowest BCUT2D eigenvalue weighted by atomic mass is 10.0. The van der Waals surface area contributed by atoms with Gasteiger partial charge in [0.05, 0.1) is 0 Å². The highest BCUT2D eigenvalue weighted by Crippen LogP contribution is 2.30. The molecule has 0 atom stereocenters. The summed E-state index contributed by atoms with van der Waals surface area (Å²) < 4.78 is 9.35. The minimum atomic E-state index is 0.886. The number of benzene rings is 2. The van der Waals surface area contributed by atoms with Gasteiger partial charge in [-0.2, -0.15) is 0 Å². The van der Waals surface area contributed by atoms with E-state index in [2.05, 4.69) is 27.8 Å². The zero-order valence-electron chi connectivity index (χ0n) is 13.2. The van der Waals surface area contributed by atoms with Crippen molar-refractivity contribution in [3.8, 4) is 22.4 Å². The van der Waals surface area contributed by atoms with Crippen LogP contribution in [0.25, 0.3) is 22.4 Å². The van der Waals surface area contributed by atoms with Gasteiger partial charge in [0.15, 0.2) is 0 Å². The third-order valence-corrected chi connectivity index (χ3v) is 2.70. The average molecular weight is 298 g/mol. The van der Waals surface area contributed by atoms with Gasteiger partial charge in [-0.25, -0.2) is 0 Å². The zero-order chi connectivity index (χ0) is 16.2. The summed E-state index contributed by atoms with van der Waals surface area (Å²) in [6.45, 7) is 0. The van der Waals surface area contributed by atoms with E-state index in [1.54, 1.807) is 20.5 Å². The maximum absolute atomic E-state index is 5.10. The fraction of sp³-hybridized carbons (Fsp3) is 0.167. The molecule has 0 fully saturated rings. The van der Waals surface area contributed by atoms with Crippen molar-refractivity contribution >= 4 is 0 Å². The predicted molar refractivity (Wildman–Crippen MR) is 90.4 cm³/mol. The van der Waals surface area contributed by atoms with Crippen molar-refractivity contribution in [2.45, 2.75) is 0 Å². The van der Waals surface area contributed by atoms with Gasteiger partial charge < -0.3 is 15.0 Å². The Kier molecular flexibility index (Phi) is 8.27. The van der Waals surface area contributed by atoms with Gasteiger partial charge in [0.1, 0.15) is 12.0 Å². The largest absolute Gasteiger partial charge is 0.388 e. The Morgan fingerprint density at radius 3 is 1.77 bits per heavy atom. The van der Waals surface area contributed by atoms with Crippen LogP contribution in [0.1, 0.15) is 0 Å². The summed E-state index contributed by atoms with van der Waals surface area (Å²) >= 11 is 0. The summed E-state index contributed by atoms with van der Waals surface area (Å²) in [7, 11) is 4.75. The van der Waals surface area contributed by atoms with Gasteiger partial charge in [-0.05, 0) is 12.6 Å². The fourth-order valence-corrected chi connectivity index (χ4v) is 1.86. The quantitative estimate of drug-likeness (QED) is 0.780. The third-order valence-electron chi connectivity index (χ3n) is 2.70. The lowest BCUT2D eigenvalue weighted by Gasteiger charge is -2.00. The van der Waals surface area contributed by atoms with Crippen molar-refractivity contribution < 1.29 is 9.26 Å². The highest BCUT2D eigenvalue weighted by molar-refractivity contribution is 5.79. The molecule has 1 aromatic heterocycles. The topological polar surface area (TPSA) is 61.3 Å². The van der Waals surface area contributed by atoms with Gasteiger partial charge in [-0.3, -0.25) is 0 Å². The van der Waals surface area contributed by atoms with E-state index in [1.807, 2.05) is 48.5 Å².